The van der Waals surface area contributed by atoms with E-state index in [4.69, 9.17) is 5.26 Å². The fraction of sp³-hybridized carbons (Fsp3) is 0.900. The van der Waals surface area contributed by atoms with Crippen molar-refractivity contribution in [3.63, 3.8) is 0 Å². The second kappa shape index (κ2) is 2.68. The lowest BCUT2D eigenvalue weighted by molar-refractivity contribution is 0.182. The SMILES string of the molecule is CC1(F)CCN(CC2(C#N)CC2)C1. The molecule has 2 aliphatic rings. The van der Waals surface area contributed by atoms with Gasteiger partial charge in [-0.05, 0) is 26.2 Å². The van der Waals surface area contributed by atoms with Gasteiger partial charge >= 0.3 is 0 Å². The number of hydrogen-bond donors (Lipinski definition) is 0. The lowest BCUT2D eigenvalue weighted by atomic mass is 10.1. The summed E-state index contributed by atoms with van der Waals surface area (Å²) >= 11 is 0. The summed E-state index contributed by atoms with van der Waals surface area (Å²) in [6.45, 7) is 3.76. The molecule has 1 unspecified atom stereocenters. The lowest BCUT2D eigenvalue weighted by Gasteiger charge is -2.19. The maximum absolute atomic E-state index is 13.4. The molecule has 0 amide bonds. The van der Waals surface area contributed by atoms with Gasteiger partial charge in [-0.2, -0.15) is 5.26 Å². The average Bonchev–Trinajstić information content (AvgIpc) is 2.74. The van der Waals surface area contributed by atoms with Crippen LogP contribution in [0.1, 0.15) is 26.2 Å². The van der Waals surface area contributed by atoms with Crippen LogP contribution in [0.15, 0.2) is 0 Å². The Labute approximate surface area is 78.3 Å². The van der Waals surface area contributed by atoms with Crippen molar-refractivity contribution in [1.82, 2.24) is 4.90 Å². The minimum Gasteiger partial charge on any atom is -0.298 e. The van der Waals surface area contributed by atoms with Gasteiger partial charge in [0.25, 0.3) is 0 Å². The molecule has 0 bridgehead atoms. The second-order valence-electron chi connectivity index (χ2n) is 4.77. The van der Waals surface area contributed by atoms with Crippen molar-refractivity contribution in [2.24, 2.45) is 5.41 Å². The van der Waals surface area contributed by atoms with Crippen LogP contribution in [-0.2, 0) is 0 Å². The van der Waals surface area contributed by atoms with Crippen molar-refractivity contribution in [1.29, 1.82) is 5.26 Å². The molecule has 2 rings (SSSR count). The van der Waals surface area contributed by atoms with Crippen LogP contribution in [0.4, 0.5) is 4.39 Å². The van der Waals surface area contributed by atoms with E-state index in [1.807, 2.05) is 0 Å². The van der Waals surface area contributed by atoms with E-state index in [9.17, 15) is 4.39 Å². The van der Waals surface area contributed by atoms with Crippen molar-refractivity contribution < 1.29 is 4.39 Å². The van der Waals surface area contributed by atoms with Crippen LogP contribution in [-0.4, -0.2) is 30.2 Å². The Morgan fingerprint density at radius 2 is 2.15 bits per heavy atom. The van der Waals surface area contributed by atoms with E-state index in [0.29, 0.717) is 13.0 Å². The Morgan fingerprint density at radius 1 is 1.46 bits per heavy atom. The smallest absolute Gasteiger partial charge is 0.122 e. The summed E-state index contributed by atoms with van der Waals surface area (Å²) < 4.78 is 13.4. The Kier molecular flexibility index (Phi) is 1.85. The Bertz CT molecular complexity index is 250. The number of nitriles is 1. The van der Waals surface area contributed by atoms with E-state index in [1.165, 1.54) is 0 Å². The first-order valence-corrected chi connectivity index (χ1v) is 4.88. The van der Waals surface area contributed by atoms with Crippen molar-refractivity contribution in [3.8, 4) is 6.07 Å². The van der Waals surface area contributed by atoms with Gasteiger partial charge in [-0.3, -0.25) is 4.90 Å². The summed E-state index contributed by atoms with van der Waals surface area (Å²) in [4.78, 5) is 2.09. The normalized spacial score (nSPS) is 37.3. The highest BCUT2D eigenvalue weighted by molar-refractivity contribution is 5.12. The van der Waals surface area contributed by atoms with E-state index in [-0.39, 0.29) is 5.41 Å². The number of rotatable bonds is 2. The maximum Gasteiger partial charge on any atom is 0.122 e. The summed E-state index contributed by atoms with van der Waals surface area (Å²) in [7, 11) is 0. The topological polar surface area (TPSA) is 27.0 Å². The molecule has 0 aromatic heterocycles. The first-order valence-electron chi connectivity index (χ1n) is 4.88. The van der Waals surface area contributed by atoms with Crippen LogP contribution in [0.2, 0.25) is 0 Å². The standard InChI is InChI=1S/C10H15FN2/c1-9(11)4-5-13(7-9)8-10(6-12)2-3-10/h2-5,7-8H2,1H3. The molecule has 0 aromatic carbocycles. The molecule has 2 fully saturated rings. The zero-order valence-electron chi connectivity index (χ0n) is 8.02. The molecule has 72 valence electrons. The van der Waals surface area contributed by atoms with Gasteiger partial charge in [0.1, 0.15) is 5.67 Å². The van der Waals surface area contributed by atoms with Crippen LogP contribution in [0.25, 0.3) is 0 Å². The van der Waals surface area contributed by atoms with Crippen LogP contribution in [0, 0.1) is 16.7 Å². The van der Waals surface area contributed by atoms with Gasteiger partial charge in [-0.15, -0.1) is 0 Å². The van der Waals surface area contributed by atoms with Crippen LogP contribution < -0.4 is 0 Å². The minimum atomic E-state index is -1.02. The van der Waals surface area contributed by atoms with Crippen LogP contribution >= 0.6 is 0 Å². The first-order chi connectivity index (χ1) is 6.05. The maximum atomic E-state index is 13.4. The summed E-state index contributed by atoms with van der Waals surface area (Å²) in [6.07, 6.45) is 2.63. The third kappa shape index (κ3) is 1.83. The first kappa shape index (κ1) is 8.96. The molecule has 2 nitrogen and oxygen atoms in total. The van der Waals surface area contributed by atoms with Gasteiger partial charge in [-0.1, -0.05) is 0 Å². The van der Waals surface area contributed by atoms with Gasteiger partial charge in [0.2, 0.25) is 0 Å². The number of nitrogens with zero attached hydrogens (tertiary/aromatic N) is 2. The molecule has 1 aliphatic carbocycles. The Morgan fingerprint density at radius 3 is 2.54 bits per heavy atom. The zero-order chi connectivity index (χ0) is 9.53. The molecule has 1 saturated heterocycles. The molecule has 1 aliphatic heterocycles. The fourth-order valence-electron chi connectivity index (χ4n) is 2.03. The Hall–Kier alpha value is -0.620. The lowest BCUT2D eigenvalue weighted by Crippen LogP contribution is -2.31. The molecule has 1 heterocycles. The average molecular weight is 182 g/mol. The number of halogens is 1. The molecule has 0 spiro atoms. The summed E-state index contributed by atoms with van der Waals surface area (Å²) in [6, 6.07) is 2.34. The molecule has 0 radical (unpaired) electrons. The zero-order valence-corrected chi connectivity index (χ0v) is 8.02. The molecular weight excluding hydrogens is 167 g/mol. The second-order valence-corrected chi connectivity index (χ2v) is 4.77. The van der Waals surface area contributed by atoms with Gasteiger partial charge in [0.05, 0.1) is 11.5 Å². The van der Waals surface area contributed by atoms with Crippen molar-refractivity contribution in [3.05, 3.63) is 0 Å². The monoisotopic (exact) mass is 182 g/mol. The van der Waals surface area contributed by atoms with Gasteiger partial charge in [0.15, 0.2) is 0 Å². The van der Waals surface area contributed by atoms with Gasteiger partial charge in [0, 0.05) is 19.6 Å². The van der Waals surface area contributed by atoms with Crippen molar-refractivity contribution in [2.75, 3.05) is 19.6 Å². The summed E-state index contributed by atoms with van der Waals surface area (Å²) in [5.41, 5.74) is -1.13. The van der Waals surface area contributed by atoms with E-state index in [2.05, 4.69) is 11.0 Å². The highest BCUT2D eigenvalue weighted by Crippen LogP contribution is 2.46. The molecule has 13 heavy (non-hydrogen) atoms. The van der Waals surface area contributed by atoms with Crippen LogP contribution in [0.5, 0.6) is 0 Å². The number of alkyl halides is 1. The fourth-order valence-corrected chi connectivity index (χ4v) is 2.03. The number of likely N-dealkylation sites (tertiary alicyclic amines) is 1. The molecular formula is C10H15FN2. The third-order valence-electron chi connectivity index (χ3n) is 3.12. The molecule has 0 N–H and O–H groups in total. The van der Waals surface area contributed by atoms with Crippen molar-refractivity contribution in [2.45, 2.75) is 31.9 Å². The molecule has 3 heteroatoms. The highest BCUT2D eigenvalue weighted by Gasteiger charge is 2.46. The van der Waals surface area contributed by atoms with Crippen molar-refractivity contribution >= 4 is 0 Å². The van der Waals surface area contributed by atoms with Crippen LogP contribution in [0.3, 0.4) is 0 Å². The van der Waals surface area contributed by atoms with Gasteiger partial charge in [-0.25, -0.2) is 4.39 Å². The van der Waals surface area contributed by atoms with Gasteiger partial charge < -0.3 is 0 Å². The van der Waals surface area contributed by atoms with E-state index >= 15 is 0 Å². The Balaban J connectivity index is 1.88. The summed E-state index contributed by atoms with van der Waals surface area (Å²) in [5.74, 6) is 0. The molecule has 1 atom stereocenters. The largest absolute Gasteiger partial charge is 0.298 e. The molecule has 0 aromatic rings. The summed E-state index contributed by atoms with van der Waals surface area (Å²) in [5, 5.41) is 8.88. The quantitative estimate of drug-likeness (QED) is 0.650. The molecule has 1 saturated carbocycles. The predicted octanol–water partition coefficient (Wildman–Crippen LogP) is 1.72. The van der Waals surface area contributed by atoms with E-state index in [0.717, 1.165) is 25.9 Å². The minimum absolute atomic E-state index is 0.111. The predicted molar refractivity (Wildman–Crippen MR) is 47.9 cm³/mol. The van der Waals surface area contributed by atoms with E-state index in [1.54, 1.807) is 6.92 Å². The van der Waals surface area contributed by atoms with E-state index < -0.39 is 5.67 Å². The highest BCUT2D eigenvalue weighted by atomic mass is 19.1. The third-order valence-corrected chi connectivity index (χ3v) is 3.12. The number of hydrogen-bond acceptors (Lipinski definition) is 2.